The monoisotopic (exact) mass is 496 g/mol. The minimum absolute atomic E-state index is 0.00360. The summed E-state index contributed by atoms with van der Waals surface area (Å²) in [6, 6.07) is 10.9. The smallest absolute Gasteiger partial charge is 0.293 e. The van der Waals surface area contributed by atoms with Crippen LogP contribution in [0.2, 0.25) is 5.02 Å². The molecule has 4 rings (SSSR count). The van der Waals surface area contributed by atoms with E-state index in [1.54, 1.807) is 24.3 Å². The van der Waals surface area contributed by atoms with Crippen LogP contribution in [0.4, 0.5) is 11.5 Å². The first-order valence-corrected chi connectivity index (χ1v) is 10.2. The first kappa shape index (κ1) is 23.2. The van der Waals surface area contributed by atoms with E-state index in [2.05, 4.69) is 41.1 Å². The number of nitrogens with one attached hydrogen (secondary N) is 2. The van der Waals surface area contributed by atoms with Crippen molar-refractivity contribution in [3.8, 4) is 11.6 Å². The van der Waals surface area contributed by atoms with Crippen LogP contribution in [0.1, 0.15) is 32.1 Å². The predicted molar refractivity (Wildman–Crippen MR) is 124 cm³/mol. The summed E-state index contributed by atoms with van der Waals surface area (Å²) in [5.74, 6) is -1.53. The molecule has 178 valence electrons. The van der Waals surface area contributed by atoms with Crippen LogP contribution in [0.3, 0.4) is 0 Å². The van der Waals surface area contributed by atoms with E-state index in [1.165, 1.54) is 24.4 Å². The molecule has 2 aromatic carbocycles. The fraction of sp³-hybridized carbons (Fsp3) is 0.0500. The number of carbonyl (C=O) groups is 2. The molecule has 0 atom stereocenters. The van der Waals surface area contributed by atoms with Gasteiger partial charge in [0.2, 0.25) is 11.6 Å². The number of phenols is 1. The molecule has 2 heterocycles. The van der Waals surface area contributed by atoms with Crippen molar-refractivity contribution in [2.45, 2.75) is 6.54 Å². The van der Waals surface area contributed by atoms with E-state index in [0.29, 0.717) is 10.7 Å². The number of aromatic nitrogens is 5. The van der Waals surface area contributed by atoms with Gasteiger partial charge in [0, 0.05) is 16.3 Å². The maximum Gasteiger partial charge on any atom is 0.293 e. The van der Waals surface area contributed by atoms with E-state index in [-0.39, 0.29) is 46.4 Å². The zero-order valence-corrected chi connectivity index (χ0v) is 18.5. The summed E-state index contributed by atoms with van der Waals surface area (Å²) in [6.45, 7) is -0.0505. The molecule has 0 fully saturated rings. The number of nitrogens with two attached hydrogens (primary N) is 2. The molecule has 0 aliphatic rings. The van der Waals surface area contributed by atoms with Gasteiger partial charge in [-0.05, 0) is 40.6 Å². The zero-order valence-electron chi connectivity index (χ0n) is 17.7. The zero-order chi connectivity index (χ0) is 24.9. The summed E-state index contributed by atoms with van der Waals surface area (Å²) < 4.78 is 5.78. The van der Waals surface area contributed by atoms with Gasteiger partial charge in [0.1, 0.15) is 5.75 Å². The highest BCUT2D eigenvalue weighted by molar-refractivity contribution is 6.30. The quantitative estimate of drug-likeness (QED) is 0.173. The predicted octanol–water partition coefficient (Wildman–Crippen LogP) is 1.07. The van der Waals surface area contributed by atoms with Gasteiger partial charge in [-0.15, -0.1) is 5.10 Å². The Labute approximate surface area is 201 Å². The number of hydrazone groups is 1. The molecule has 0 saturated carbocycles. The van der Waals surface area contributed by atoms with Crippen LogP contribution in [0.5, 0.6) is 5.75 Å². The van der Waals surface area contributed by atoms with Crippen molar-refractivity contribution in [1.29, 1.82) is 0 Å². The molecule has 35 heavy (non-hydrogen) atoms. The van der Waals surface area contributed by atoms with Crippen LogP contribution in [0, 0.1) is 0 Å². The number of para-hydroxylation sites is 1. The third-order valence-corrected chi connectivity index (χ3v) is 4.91. The molecule has 0 aliphatic heterocycles. The summed E-state index contributed by atoms with van der Waals surface area (Å²) in [5.41, 5.74) is 14.5. The maximum atomic E-state index is 12.8. The second-order valence-electron chi connectivity index (χ2n) is 6.94. The average molecular weight is 497 g/mol. The van der Waals surface area contributed by atoms with Crippen LogP contribution in [-0.4, -0.2) is 48.4 Å². The second kappa shape index (κ2) is 9.88. The summed E-state index contributed by atoms with van der Waals surface area (Å²) in [7, 11) is 0. The number of anilines is 2. The number of nitrogen functional groups attached to an aromatic ring is 1. The van der Waals surface area contributed by atoms with Crippen LogP contribution < -0.4 is 22.2 Å². The number of halogens is 1. The average Bonchev–Trinajstić information content (AvgIpc) is 3.45. The third-order valence-electron chi connectivity index (χ3n) is 4.67. The van der Waals surface area contributed by atoms with Crippen molar-refractivity contribution in [2.24, 2.45) is 10.8 Å². The lowest BCUT2D eigenvalue weighted by molar-refractivity contribution is 0.0947. The molecule has 2 amide bonds. The lowest BCUT2D eigenvalue weighted by Crippen LogP contribution is -2.22. The number of rotatable bonds is 8. The normalized spacial score (nSPS) is 11.0. The van der Waals surface area contributed by atoms with E-state index < -0.39 is 11.8 Å². The Morgan fingerprint density at radius 2 is 2.03 bits per heavy atom. The van der Waals surface area contributed by atoms with Crippen molar-refractivity contribution in [3.05, 3.63) is 70.0 Å². The lowest BCUT2D eigenvalue weighted by Gasteiger charge is -2.11. The summed E-state index contributed by atoms with van der Waals surface area (Å²) in [4.78, 5) is 24.6. The Morgan fingerprint density at radius 3 is 2.77 bits per heavy atom. The number of primary amides is 1. The number of aromatic hydroxyl groups is 1. The Morgan fingerprint density at radius 1 is 1.23 bits per heavy atom. The van der Waals surface area contributed by atoms with Gasteiger partial charge >= 0.3 is 0 Å². The first-order valence-electron chi connectivity index (χ1n) is 9.82. The molecule has 0 bridgehead atoms. The Kier molecular flexibility index (Phi) is 6.55. The Balaban J connectivity index is 1.62. The van der Waals surface area contributed by atoms with E-state index in [1.807, 2.05) is 0 Å². The standard InChI is InChI=1S/C20H17ClN10O4/c21-11-5-6-15(32)10(7-11)8-25-27-20(34)16-14(31(30-26-16)19-17(22)28-35-29-19)9-24-13-4-2-1-3-12(13)18(23)33/h1-8,24,32H,9H2,(H2,22,28)(H2,23,33)(H,27,34)/b25-8+. The van der Waals surface area contributed by atoms with Crippen LogP contribution >= 0.6 is 11.6 Å². The lowest BCUT2D eigenvalue weighted by atomic mass is 10.1. The molecule has 0 saturated heterocycles. The van der Waals surface area contributed by atoms with Gasteiger partial charge in [-0.3, -0.25) is 9.59 Å². The molecule has 15 heteroatoms. The van der Waals surface area contributed by atoms with Gasteiger partial charge in [-0.1, -0.05) is 28.9 Å². The van der Waals surface area contributed by atoms with Crippen molar-refractivity contribution >= 4 is 41.1 Å². The van der Waals surface area contributed by atoms with Gasteiger partial charge in [0.25, 0.3) is 11.8 Å². The molecule has 2 aromatic heterocycles. The molecule has 0 unspecified atom stereocenters. The van der Waals surface area contributed by atoms with Crippen LogP contribution in [0.15, 0.2) is 52.2 Å². The van der Waals surface area contributed by atoms with Gasteiger partial charge < -0.3 is 21.9 Å². The minimum Gasteiger partial charge on any atom is -0.507 e. The highest BCUT2D eigenvalue weighted by Crippen LogP contribution is 2.21. The fourth-order valence-electron chi connectivity index (χ4n) is 3.02. The Bertz CT molecular complexity index is 1430. The number of hydrogen-bond donors (Lipinski definition) is 5. The molecule has 4 aromatic rings. The van der Waals surface area contributed by atoms with Crippen molar-refractivity contribution < 1.29 is 19.3 Å². The molecule has 14 nitrogen and oxygen atoms in total. The van der Waals surface area contributed by atoms with Crippen molar-refractivity contribution in [2.75, 3.05) is 11.1 Å². The fourth-order valence-corrected chi connectivity index (χ4v) is 3.20. The number of carbonyl (C=O) groups excluding carboxylic acids is 2. The summed E-state index contributed by atoms with van der Waals surface area (Å²) in [5, 5.41) is 32.1. The van der Waals surface area contributed by atoms with Gasteiger partial charge in [0.05, 0.1) is 24.0 Å². The molecular formula is C20H17ClN10O4. The number of nitrogens with zero attached hydrogens (tertiary/aromatic N) is 6. The molecule has 0 radical (unpaired) electrons. The highest BCUT2D eigenvalue weighted by Gasteiger charge is 2.24. The van der Waals surface area contributed by atoms with Crippen molar-refractivity contribution in [1.82, 2.24) is 30.7 Å². The van der Waals surface area contributed by atoms with E-state index >= 15 is 0 Å². The summed E-state index contributed by atoms with van der Waals surface area (Å²) >= 11 is 5.91. The SMILES string of the molecule is NC(=O)c1ccccc1NCc1c(C(=O)N/N=C/c2cc(Cl)ccc2O)nnn1-c1nonc1N. The number of benzene rings is 2. The second-order valence-corrected chi connectivity index (χ2v) is 7.37. The summed E-state index contributed by atoms with van der Waals surface area (Å²) in [6.07, 6.45) is 1.21. The first-order chi connectivity index (χ1) is 16.8. The van der Waals surface area contributed by atoms with Gasteiger partial charge in [-0.25, -0.2) is 10.1 Å². The van der Waals surface area contributed by atoms with E-state index in [4.69, 9.17) is 23.1 Å². The number of phenolic OH excluding ortho intramolecular Hbond substituents is 1. The maximum absolute atomic E-state index is 12.8. The molecule has 7 N–H and O–H groups in total. The largest absolute Gasteiger partial charge is 0.507 e. The minimum atomic E-state index is -0.732. The van der Waals surface area contributed by atoms with E-state index in [0.717, 1.165) is 4.68 Å². The topological polar surface area (TPSA) is 212 Å². The van der Waals surface area contributed by atoms with Gasteiger partial charge in [0.15, 0.2) is 5.69 Å². The van der Waals surface area contributed by atoms with Crippen LogP contribution in [0.25, 0.3) is 5.82 Å². The van der Waals surface area contributed by atoms with E-state index in [9.17, 15) is 14.7 Å². The highest BCUT2D eigenvalue weighted by atomic mass is 35.5. The van der Waals surface area contributed by atoms with Crippen molar-refractivity contribution in [3.63, 3.8) is 0 Å². The molecule has 0 spiro atoms. The third kappa shape index (κ3) is 5.01. The van der Waals surface area contributed by atoms with Crippen LogP contribution in [-0.2, 0) is 6.54 Å². The van der Waals surface area contributed by atoms with Gasteiger partial charge in [-0.2, -0.15) is 9.78 Å². The number of amides is 2. The Hall–Kier alpha value is -4.98. The number of hydrogen-bond acceptors (Lipinski definition) is 11. The molecule has 0 aliphatic carbocycles. The molecular weight excluding hydrogens is 480 g/mol.